The van der Waals surface area contributed by atoms with Gasteiger partial charge in [0.2, 0.25) is 0 Å². The number of anilines is 2. The first-order valence-corrected chi connectivity index (χ1v) is 8.91. The number of hydrogen-bond acceptors (Lipinski definition) is 5. The van der Waals surface area contributed by atoms with Gasteiger partial charge < -0.3 is 5.73 Å². The molecule has 1 heterocycles. The first-order valence-electron chi connectivity index (χ1n) is 7.47. The summed E-state index contributed by atoms with van der Waals surface area (Å²) in [5.74, 6) is 0. The lowest BCUT2D eigenvalue weighted by Crippen LogP contribution is -2.35. The van der Waals surface area contributed by atoms with Gasteiger partial charge in [-0.15, -0.1) is 12.4 Å². The lowest BCUT2D eigenvalue weighted by molar-refractivity contribution is -0.385. The maximum absolute atomic E-state index is 13.0. The number of halogens is 1. The normalized spacial score (nSPS) is 13.7. The second-order valence-corrected chi connectivity index (χ2v) is 7.59. The Morgan fingerprint density at radius 2 is 1.96 bits per heavy atom. The van der Waals surface area contributed by atoms with Gasteiger partial charge in [0.15, 0.2) is 0 Å². The fourth-order valence-corrected chi connectivity index (χ4v) is 4.50. The van der Waals surface area contributed by atoms with Crippen LogP contribution in [0.25, 0.3) is 0 Å². The zero-order chi connectivity index (χ0) is 17.5. The molecule has 2 aromatic carbocycles. The molecule has 0 saturated carbocycles. The fourth-order valence-electron chi connectivity index (χ4n) is 2.94. The van der Waals surface area contributed by atoms with Crippen molar-refractivity contribution in [2.45, 2.75) is 24.7 Å². The minimum Gasteiger partial charge on any atom is -0.398 e. The number of nitro benzene ring substituents is 1. The van der Waals surface area contributed by atoms with Crippen molar-refractivity contribution < 1.29 is 13.3 Å². The largest absolute Gasteiger partial charge is 0.398 e. The molecule has 0 fully saturated rings. The molecule has 0 aromatic heterocycles. The van der Waals surface area contributed by atoms with E-state index in [9.17, 15) is 18.5 Å². The minimum absolute atomic E-state index is 0. The number of sulfonamides is 1. The van der Waals surface area contributed by atoms with Crippen molar-refractivity contribution in [1.82, 2.24) is 0 Å². The van der Waals surface area contributed by atoms with Gasteiger partial charge in [0.25, 0.3) is 15.7 Å². The van der Waals surface area contributed by atoms with E-state index >= 15 is 0 Å². The third-order valence-electron chi connectivity index (χ3n) is 4.21. The van der Waals surface area contributed by atoms with E-state index < -0.39 is 14.9 Å². The van der Waals surface area contributed by atoms with Gasteiger partial charge in [-0.2, -0.15) is 0 Å². The predicted octanol–water partition coefficient (Wildman–Crippen LogP) is 3.05. The van der Waals surface area contributed by atoms with Crippen LogP contribution in [0.3, 0.4) is 0 Å². The zero-order valence-corrected chi connectivity index (χ0v) is 15.1. The summed E-state index contributed by atoms with van der Waals surface area (Å²) in [6.07, 6.45) is 1.36. The summed E-state index contributed by atoms with van der Waals surface area (Å²) in [6.45, 7) is 1.89. The van der Waals surface area contributed by atoms with Crippen molar-refractivity contribution in [2.24, 2.45) is 0 Å². The molecule has 0 bridgehead atoms. The van der Waals surface area contributed by atoms with Crippen molar-refractivity contribution >= 4 is 39.5 Å². The Morgan fingerprint density at radius 1 is 1.24 bits per heavy atom. The van der Waals surface area contributed by atoms with Crippen LogP contribution < -0.4 is 10.0 Å². The van der Waals surface area contributed by atoms with E-state index in [-0.39, 0.29) is 23.0 Å². The van der Waals surface area contributed by atoms with E-state index in [2.05, 4.69) is 0 Å². The van der Waals surface area contributed by atoms with Crippen LogP contribution in [0.15, 0.2) is 41.3 Å². The van der Waals surface area contributed by atoms with Crippen molar-refractivity contribution in [3.63, 3.8) is 0 Å². The zero-order valence-electron chi connectivity index (χ0n) is 13.5. The first kappa shape index (κ1) is 19.0. The van der Waals surface area contributed by atoms with E-state index in [1.54, 1.807) is 25.1 Å². The highest BCUT2D eigenvalue weighted by molar-refractivity contribution is 7.92. The average molecular weight is 384 g/mol. The highest BCUT2D eigenvalue weighted by atomic mass is 35.5. The van der Waals surface area contributed by atoms with E-state index in [1.165, 1.54) is 16.4 Å². The first-order chi connectivity index (χ1) is 11.3. The van der Waals surface area contributed by atoms with E-state index in [4.69, 9.17) is 5.73 Å². The van der Waals surface area contributed by atoms with Gasteiger partial charge in [-0.25, -0.2) is 8.42 Å². The molecule has 9 heteroatoms. The molecule has 1 aliphatic rings. The highest BCUT2D eigenvalue weighted by Gasteiger charge is 2.31. The second kappa shape index (κ2) is 6.89. The smallest absolute Gasteiger partial charge is 0.273 e. The van der Waals surface area contributed by atoms with Crippen LogP contribution in [0.2, 0.25) is 0 Å². The molecule has 0 aliphatic carbocycles. The second-order valence-electron chi connectivity index (χ2n) is 5.73. The average Bonchev–Trinajstić information content (AvgIpc) is 2.54. The molecule has 0 amide bonds. The van der Waals surface area contributed by atoms with Crippen molar-refractivity contribution in [2.75, 3.05) is 16.6 Å². The van der Waals surface area contributed by atoms with E-state index in [0.717, 1.165) is 11.6 Å². The van der Waals surface area contributed by atoms with Gasteiger partial charge in [0.05, 0.1) is 15.5 Å². The fraction of sp³-hybridized carbons (Fsp3) is 0.250. The Hall–Kier alpha value is -2.32. The standard InChI is InChI=1S/C16H17N3O4S.ClH/c1-11-7-8-12(10-16(11)19(20)21)24(22,23)18-9-3-4-13-14(17)5-2-6-15(13)18;/h2,5-8,10H,3-4,9,17H2,1H3;1H. The predicted molar refractivity (Wildman–Crippen MR) is 98.8 cm³/mol. The summed E-state index contributed by atoms with van der Waals surface area (Å²) in [4.78, 5) is 10.4. The van der Waals surface area contributed by atoms with Crippen LogP contribution in [0.1, 0.15) is 17.5 Å². The SMILES string of the molecule is Cc1ccc(S(=O)(=O)N2CCCc3c(N)cccc32)cc1[N+](=O)[O-].Cl. The molecule has 2 N–H and O–H groups in total. The number of nitrogens with two attached hydrogens (primary N) is 1. The molecular formula is C16H18ClN3O4S. The molecule has 2 aromatic rings. The van der Waals surface area contributed by atoms with Gasteiger partial charge in [-0.1, -0.05) is 12.1 Å². The number of nitro groups is 1. The number of nitrogens with zero attached hydrogens (tertiary/aromatic N) is 2. The third kappa shape index (κ3) is 3.27. The number of hydrogen-bond donors (Lipinski definition) is 1. The van der Waals surface area contributed by atoms with Crippen molar-refractivity contribution in [3.05, 3.63) is 57.6 Å². The van der Waals surface area contributed by atoms with Gasteiger partial charge >= 0.3 is 0 Å². The molecule has 0 spiro atoms. The lowest BCUT2D eigenvalue weighted by Gasteiger charge is -2.31. The maximum atomic E-state index is 13.0. The summed E-state index contributed by atoms with van der Waals surface area (Å²) in [5, 5.41) is 11.1. The Morgan fingerprint density at radius 3 is 2.64 bits per heavy atom. The third-order valence-corrected chi connectivity index (χ3v) is 6.02. The van der Waals surface area contributed by atoms with Gasteiger partial charge in [0.1, 0.15) is 0 Å². The molecule has 1 aliphatic heterocycles. The lowest BCUT2D eigenvalue weighted by atomic mass is 10.0. The summed E-state index contributed by atoms with van der Waals surface area (Å²) < 4.78 is 27.3. The topological polar surface area (TPSA) is 107 Å². The molecule has 0 unspecified atom stereocenters. The van der Waals surface area contributed by atoms with E-state index in [1.807, 2.05) is 0 Å². The number of nitrogen functional groups attached to an aromatic ring is 1. The van der Waals surface area contributed by atoms with Crippen molar-refractivity contribution in [3.8, 4) is 0 Å². The molecular weight excluding hydrogens is 366 g/mol. The summed E-state index contributed by atoms with van der Waals surface area (Å²) in [7, 11) is -3.89. The molecule has 0 saturated heterocycles. The Bertz CT molecular complexity index is 931. The van der Waals surface area contributed by atoms with Crippen LogP contribution in [0, 0.1) is 17.0 Å². The minimum atomic E-state index is -3.89. The Labute approximate surface area is 152 Å². The maximum Gasteiger partial charge on any atom is 0.273 e. The van der Waals surface area contributed by atoms with Gasteiger partial charge in [-0.05, 0) is 43.5 Å². The monoisotopic (exact) mass is 383 g/mol. The summed E-state index contributed by atoms with van der Waals surface area (Å²) in [5.41, 5.74) is 8.07. The van der Waals surface area contributed by atoms with Crippen molar-refractivity contribution in [1.29, 1.82) is 0 Å². The molecule has 3 rings (SSSR count). The molecule has 7 nitrogen and oxygen atoms in total. The van der Waals surface area contributed by atoms with Gasteiger partial charge in [0, 0.05) is 23.9 Å². The summed E-state index contributed by atoms with van der Waals surface area (Å²) >= 11 is 0. The van der Waals surface area contributed by atoms with Crippen LogP contribution >= 0.6 is 12.4 Å². The molecule has 134 valence electrons. The number of aryl methyl sites for hydroxylation is 1. The van der Waals surface area contributed by atoms with Crippen LogP contribution in [-0.2, 0) is 16.4 Å². The number of rotatable bonds is 3. The molecule has 25 heavy (non-hydrogen) atoms. The highest BCUT2D eigenvalue weighted by Crippen LogP contribution is 2.35. The molecule has 0 atom stereocenters. The Kier molecular flexibility index (Phi) is 5.24. The summed E-state index contributed by atoms with van der Waals surface area (Å²) in [6, 6.07) is 9.13. The van der Waals surface area contributed by atoms with Crippen LogP contribution in [0.5, 0.6) is 0 Å². The quantitative estimate of drug-likeness (QED) is 0.498. The van der Waals surface area contributed by atoms with E-state index in [0.29, 0.717) is 36.3 Å². The molecule has 0 radical (unpaired) electrons. The number of fused-ring (bicyclic) bond motifs is 1. The van der Waals surface area contributed by atoms with Gasteiger partial charge in [-0.3, -0.25) is 14.4 Å². The van der Waals surface area contributed by atoms with Crippen LogP contribution in [0.4, 0.5) is 17.1 Å². The number of benzene rings is 2. The Balaban J connectivity index is 0.00000225. The van der Waals surface area contributed by atoms with Crippen LogP contribution in [-0.4, -0.2) is 19.9 Å².